The molecule has 1 fully saturated rings. The fraction of sp³-hybridized carbons (Fsp3) is 0.316. The maximum Gasteiger partial charge on any atom is 0.194 e. The van der Waals surface area contributed by atoms with Crippen LogP contribution >= 0.6 is 0 Å². The van der Waals surface area contributed by atoms with E-state index in [9.17, 15) is 13.9 Å². The van der Waals surface area contributed by atoms with Crippen LogP contribution in [0.1, 0.15) is 5.56 Å². The number of phenols is 1. The van der Waals surface area contributed by atoms with Crippen LogP contribution in [0, 0.1) is 11.6 Å². The van der Waals surface area contributed by atoms with Gasteiger partial charge in [-0.05, 0) is 42.0 Å². The van der Waals surface area contributed by atoms with E-state index in [1.807, 2.05) is 0 Å². The summed E-state index contributed by atoms with van der Waals surface area (Å²) in [6.07, 6.45) is 0. The van der Waals surface area contributed by atoms with Crippen LogP contribution < -0.4 is 10.2 Å². The Balaban J connectivity index is 1.55. The van der Waals surface area contributed by atoms with Gasteiger partial charge in [0.05, 0.1) is 0 Å². The quantitative estimate of drug-likeness (QED) is 0.653. The van der Waals surface area contributed by atoms with Crippen LogP contribution in [0.2, 0.25) is 0 Å². The van der Waals surface area contributed by atoms with Crippen molar-refractivity contribution in [1.29, 1.82) is 0 Å². The molecular formula is C19H22F2N4O. The van der Waals surface area contributed by atoms with E-state index in [4.69, 9.17) is 0 Å². The Morgan fingerprint density at radius 3 is 2.38 bits per heavy atom. The number of halogens is 2. The fourth-order valence-corrected chi connectivity index (χ4v) is 3.00. The van der Waals surface area contributed by atoms with Crippen molar-refractivity contribution in [2.45, 2.75) is 6.54 Å². The Hall–Kier alpha value is -2.83. The van der Waals surface area contributed by atoms with Crippen molar-refractivity contribution in [3.63, 3.8) is 0 Å². The lowest BCUT2D eigenvalue weighted by Crippen LogP contribution is -2.52. The number of hydrogen-bond donors (Lipinski definition) is 2. The zero-order valence-corrected chi connectivity index (χ0v) is 14.6. The summed E-state index contributed by atoms with van der Waals surface area (Å²) in [6.45, 7) is 3.59. The zero-order chi connectivity index (χ0) is 18.5. The van der Waals surface area contributed by atoms with Crippen LogP contribution in [-0.2, 0) is 6.54 Å². The molecule has 7 heteroatoms. The van der Waals surface area contributed by atoms with Crippen LogP contribution in [0.5, 0.6) is 5.75 Å². The summed E-state index contributed by atoms with van der Waals surface area (Å²) in [7, 11) is 1.71. The van der Waals surface area contributed by atoms with Gasteiger partial charge in [-0.25, -0.2) is 8.78 Å². The van der Waals surface area contributed by atoms with Crippen LogP contribution in [0.25, 0.3) is 0 Å². The summed E-state index contributed by atoms with van der Waals surface area (Å²) in [6, 6.07) is 10.8. The van der Waals surface area contributed by atoms with E-state index < -0.39 is 5.82 Å². The van der Waals surface area contributed by atoms with Crippen molar-refractivity contribution in [2.24, 2.45) is 4.99 Å². The van der Waals surface area contributed by atoms with Gasteiger partial charge in [0.2, 0.25) is 0 Å². The highest BCUT2D eigenvalue weighted by Gasteiger charge is 2.19. The molecule has 0 atom stereocenters. The highest BCUT2D eigenvalue weighted by molar-refractivity contribution is 5.80. The van der Waals surface area contributed by atoms with Gasteiger partial charge in [-0.15, -0.1) is 0 Å². The predicted molar refractivity (Wildman–Crippen MR) is 98.4 cm³/mol. The molecule has 0 bridgehead atoms. The molecule has 5 nitrogen and oxygen atoms in total. The third-order valence-electron chi connectivity index (χ3n) is 4.45. The molecule has 0 radical (unpaired) electrons. The van der Waals surface area contributed by atoms with Crippen LogP contribution in [-0.4, -0.2) is 49.2 Å². The average Bonchev–Trinajstić information content (AvgIpc) is 2.66. The maximum atomic E-state index is 13.4. The lowest BCUT2D eigenvalue weighted by Gasteiger charge is -2.37. The number of rotatable bonds is 3. The van der Waals surface area contributed by atoms with Crippen molar-refractivity contribution < 1.29 is 13.9 Å². The Bertz CT molecular complexity index is 772. The topological polar surface area (TPSA) is 51.1 Å². The largest absolute Gasteiger partial charge is 0.505 e. The summed E-state index contributed by atoms with van der Waals surface area (Å²) >= 11 is 0. The number of nitrogens with one attached hydrogen (secondary N) is 1. The molecule has 0 spiro atoms. The summed E-state index contributed by atoms with van der Waals surface area (Å²) in [5.74, 6) is -0.470. The Labute approximate surface area is 151 Å². The van der Waals surface area contributed by atoms with Gasteiger partial charge in [0.1, 0.15) is 5.82 Å². The number of aromatic hydroxyl groups is 1. The van der Waals surface area contributed by atoms with Crippen molar-refractivity contribution in [3.8, 4) is 5.75 Å². The van der Waals surface area contributed by atoms with Crippen molar-refractivity contribution in [2.75, 3.05) is 38.1 Å². The van der Waals surface area contributed by atoms with E-state index in [0.29, 0.717) is 6.54 Å². The maximum absolute atomic E-state index is 13.4. The molecule has 0 aliphatic carbocycles. The molecule has 2 aromatic rings. The van der Waals surface area contributed by atoms with E-state index >= 15 is 0 Å². The van der Waals surface area contributed by atoms with E-state index in [1.165, 1.54) is 24.3 Å². The molecule has 1 heterocycles. The zero-order valence-electron chi connectivity index (χ0n) is 14.6. The number of phenolic OH excluding ortho intramolecular Hbond substituents is 1. The number of nitrogens with zero attached hydrogens (tertiary/aromatic N) is 3. The fourth-order valence-electron chi connectivity index (χ4n) is 3.00. The first-order chi connectivity index (χ1) is 12.6. The second-order valence-electron chi connectivity index (χ2n) is 6.14. The highest BCUT2D eigenvalue weighted by atomic mass is 19.1. The SMILES string of the molecule is CN=C(NCc1ccc(O)c(F)c1)N1CCN(c2ccc(F)cc2)CC1. The van der Waals surface area contributed by atoms with E-state index in [2.05, 4.69) is 20.1 Å². The summed E-state index contributed by atoms with van der Waals surface area (Å²) in [5, 5.41) is 12.5. The molecule has 138 valence electrons. The van der Waals surface area contributed by atoms with E-state index in [-0.39, 0.29) is 11.6 Å². The van der Waals surface area contributed by atoms with Gasteiger partial charge in [0.15, 0.2) is 17.5 Å². The molecule has 1 aliphatic rings. The molecule has 1 aliphatic heterocycles. The molecule has 26 heavy (non-hydrogen) atoms. The monoisotopic (exact) mass is 360 g/mol. The Morgan fingerprint density at radius 1 is 1.08 bits per heavy atom. The van der Waals surface area contributed by atoms with Crippen molar-refractivity contribution >= 4 is 11.6 Å². The lowest BCUT2D eigenvalue weighted by molar-refractivity contribution is 0.372. The van der Waals surface area contributed by atoms with Crippen molar-refractivity contribution in [1.82, 2.24) is 10.2 Å². The number of hydrogen-bond acceptors (Lipinski definition) is 3. The van der Waals surface area contributed by atoms with Gasteiger partial charge in [-0.3, -0.25) is 4.99 Å². The van der Waals surface area contributed by atoms with E-state index in [0.717, 1.165) is 43.4 Å². The van der Waals surface area contributed by atoms with E-state index in [1.54, 1.807) is 25.2 Å². The minimum Gasteiger partial charge on any atom is -0.505 e. The molecular weight excluding hydrogens is 338 g/mol. The molecule has 2 N–H and O–H groups in total. The molecule has 0 unspecified atom stereocenters. The number of benzene rings is 2. The standard InChI is InChI=1S/C19H22F2N4O/c1-22-19(23-13-14-2-7-18(26)17(21)12-14)25-10-8-24(9-11-25)16-5-3-15(20)4-6-16/h2-7,12,26H,8-11,13H2,1H3,(H,22,23). The second-order valence-corrected chi connectivity index (χ2v) is 6.14. The number of aliphatic imine (C=N–C) groups is 1. The van der Waals surface area contributed by atoms with Crippen LogP contribution in [0.4, 0.5) is 14.5 Å². The van der Waals surface area contributed by atoms with Crippen LogP contribution in [0.3, 0.4) is 0 Å². The number of guanidine groups is 1. The first kappa shape index (κ1) is 18.0. The number of piperazine rings is 1. The van der Waals surface area contributed by atoms with Gasteiger partial charge in [-0.2, -0.15) is 0 Å². The van der Waals surface area contributed by atoms with Gasteiger partial charge >= 0.3 is 0 Å². The molecule has 2 aromatic carbocycles. The van der Waals surface area contributed by atoms with Gasteiger partial charge in [0.25, 0.3) is 0 Å². The summed E-state index contributed by atoms with van der Waals surface area (Å²) in [5.41, 5.74) is 1.74. The molecule has 0 aromatic heterocycles. The second kappa shape index (κ2) is 8.03. The predicted octanol–water partition coefficient (Wildman–Crippen LogP) is 2.57. The first-order valence-electron chi connectivity index (χ1n) is 8.50. The van der Waals surface area contributed by atoms with Gasteiger partial charge < -0.3 is 20.2 Å². The third-order valence-corrected chi connectivity index (χ3v) is 4.45. The molecule has 1 saturated heterocycles. The molecule has 0 amide bonds. The average molecular weight is 360 g/mol. The van der Waals surface area contributed by atoms with Gasteiger partial charge in [0, 0.05) is 45.5 Å². The van der Waals surface area contributed by atoms with Gasteiger partial charge in [-0.1, -0.05) is 6.07 Å². The molecule has 0 saturated carbocycles. The molecule has 3 rings (SSSR count). The Morgan fingerprint density at radius 2 is 1.77 bits per heavy atom. The minimum absolute atomic E-state index is 0.234. The van der Waals surface area contributed by atoms with Crippen LogP contribution in [0.15, 0.2) is 47.5 Å². The summed E-state index contributed by atoms with van der Waals surface area (Å²) in [4.78, 5) is 8.64. The first-order valence-corrected chi connectivity index (χ1v) is 8.50. The third kappa shape index (κ3) is 4.22. The highest BCUT2D eigenvalue weighted by Crippen LogP contribution is 2.18. The lowest BCUT2D eigenvalue weighted by atomic mass is 10.2. The minimum atomic E-state index is -0.632. The summed E-state index contributed by atoms with van der Waals surface area (Å²) < 4.78 is 26.5. The van der Waals surface area contributed by atoms with Crippen molar-refractivity contribution in [3.05, 3.63) is 59.7 Å². The normalized spacial score (nSPS) is 15.3. The smallest absolute Gasteiger partial charge is 0.194 e. The number of anilines is 1. The Kier molecular flexibility index (Phi) is 5.55.